The van der Waals surface area contributed by atoms with Gasteiger partial charge in [-0.15, -0.1) is 0 Å². The summed E-state index contributed by atoms with van der Waals surface area (Å²) >= 11 is 0. The molecule has 0 spiro atoms. The summed E-state index contributed by atoms with van der Waals surface area (Å²) in [6.07, 6.45) is 4.02. The van der Waals surface area contributed by atoms with Crippen LogP contribution in [0.1, 0.15) is 22.3 Å². The minimum Gasteiger partial charge on any atom is -0.309 e. The molecule has 2 heteroatoms. The van der Waals surface area contributed by atoms with E-state index < -0.39 is 0 Å². The van der Waals surface area contributed by atoms with E-state index in [0.717, 1.165) is 25.7 Å². The zero-order valence-electron chi connectivity index (χ0n) is 36.5. The standard InChI is InChI=1S/C64H44N2/c1-5-15-41(16-6-1)43-19-13-21-45(35-43)47-29-33-59-55(37-47)57-39-49-27-28-50-40-58-56-38-48(46-22-14-20-44(36-46)42-17-7-2-8-18-42)30-34-60(56)66(52-25-11-4-12-26-52)64(58)54-32-31-53(61(49)62(50)54)63(57)65(59)51-23-9-3-10-24-51/h1-26,29-30,33-40H,27-28,31-32H2. The van der Waals surface area contributed by atoms with Gasteiger partial charge in [-0.2, -0.15) is 0 Å². The van der Waals surface area contributed by atoms with E-state index in [-0.39, 0.29) is 0 Å². The summed E-state index contributed by atoms with van der Waals surface area (Å²) in [4.78, 5) is 0. The Kier molecular flexibility index (Phi) is 8.27. The summed E-state index contributed by atoms with van der Waals surface area (Å²) in [6.45, 7) is 0. The molecule has 10 aromatic carbocycles. The maximum absolute atomic E-state index is 2.57. The molecule has 2 aromatic heterocycles. The maximum atomic E-state index is 2.57. The van der Waals surface area contributed by atoms with Crippen LogP contribution < -0.4 is 0 Å². The van der Waals surface area contributed by atoms with E-state index in [1.54, 1.807) is 0 Å². The minimum atomic E-state index is 0.980. The van der Waals surface area contributed by atoms with E-state index in [9.17, 15) is 0 Å². The van der Waals surface area contributed by atoms with Gasteiger partial charge >= 0.3 is 0 Å². The molecule has 0 aliphatic heterocycles. The molecule has 2 heterocycles. The van der Waals surface area contributed by atoms with E-state index in [1.807, 2.05) is 0 Å². The van der Waals surface area contributed by atoms with Gasteiger partial charge in [-0.25, -0.2) is 0 Å². The second-order valence-electron chi connectivity index (χ2n) is 18.3. The van der Waals surface area contributed by atoms with E-state index in [4.69, 9.17) is 0 Å². The molecule has 2 aliphatic carbocycles. The summed E-state index contributed by atoms with van der Waals surface area (Å²) in [5.74, 6) is 0. The molecule has 2 aliphatic rings. The van der Waals surface area contributed by atoms with Gasteiger partial charge in [0.25, 0.3) is 0 Å². The Morgan fingerprint density at radius 3 is 1.02 bits per heavy atom. The Balaban J connectivity index is 0.996. The molecule has 0 amide bonds. The number of nitrogens with zero attached hydrogens (tertiary/aromatic N) is 2. The molecule has 66 heavy (non-hydrogen) atoms. The highest BCUT2D eigenvalue weighted by atomic mass is 15.0. The number of aryl methyl sites for hydroxylation is 4. The Hall–Kier alpha value is -8.20. The lowest BCUT2D eigenvalue weighted by Gasteiger charge is -2.31. The Morgan fingerprint density at radius 1 is 0.258 bits per heavy atom. The van der Waals surface area contributed by atoms with Crippen molar-refractivity contribution in [3.8, 4) is 67.0 Å². The van der Waals surface area contributed by atoms with Crippen molar-refractivity contribution in [2.75, 3.05) is 0 Å². The number of rotatable bonds is 6. The third-order valence-electron chi connectivity index (χ3n) is 14.6. The zero-order chi connectivity index (χ0) is 43.3. The predicted octanol–water partition coefficient (Wildman–Crippen LogP) is 16.4. The molecular weight excluding hydrogens is 797 g/mol. The summed E-state index contributed by atoms with van der Waals surface area (Å²) < 4.78 is 5.13. The van der Waals surface area contributed by atoms with E-state index in [2.05, 4.69) is 228 Å². The molecule has 2 nitrogen and oxygen atoms in total. The fourth-order valence-electron chi connectivity index (χ4n) is 11.7. The van der Waals surface area contributed by atoms with Crippen molar-refractivity contribution >= 4 is 43.6 Å². The number of hydrogen-bond donors (Lipinski definition) is 0. The van der Waals surface area contributed by atoms with Gasteiger partial charge in [0.15, 0.2) is 0 Å². The van der Waals surface area contributed by atoms with Crippen molar-refractivity contribution in [3.63, 3.8) is 0 Å². The first-order valence-electron chi connectivity index (χ1n) is 23.4. The second-order valence-corrected chi connectivity index (χ2v) is 18.3. The first-order chi connectivity index (χ1) is 32.7. The van der Waals surface area contributed by atoms with Crippen LogP contribution in [0.2, 0.25) is 0 Å². The molecule has 12 aromatic rings. The second kappa shape index (κ2) is 14.7. The lowest BCUT2D eigenvalue weighted by molar-refractivity contribution is 0.883. The molecule has 0 saturated carbocycles. The summed E-state index contributed by atoms with van der Waals surface area (Å²) in [5.41, 5.74) is 26.5. The van der Waals surface area contributed by atoms with Gasteiger partial charge in [-0.1, -0.05) is 146 Å². The maximum Gasteiger partial charge on any atom is 0.0579 e. The van der Waals surface area contributed by atoms with Crippen molar-refractivity contribution < 1.29 is 0 Å². The van der Waals surface area contributed by atoms with Crippen LogP contribution in [0.4, 0.5) is 0 Å². The Labute approximate surface area is 384 Å². The summed E-state index contributed by atoms with van der Waals surface area (Å²) in [7, 11) is 0. The van der Waals surface area contributed by atoms with Crippen molar-refractivity contribution in [1.82, 2.24) is 9.13 Å². The van der Waals surface area contributed by atoms with Gasteiger partial charge in [-0.3, -0.25) is 0 Å². The van der Waals surface area contributed by atoms with Crippen molar-refractivity contribution in [2.45, 2.75) is 25.7 Å². The van der Waals surface area contributed by atoms with Crippen molar-refractivity contribution in [1.29, 1.82) is 0 Å². The molecule has 310 valence electrons. The lowest BCUT2D eigenvalue weighted by Crippen LogP contribution is -2.16. The molecular formula is C64H44N2. The summed E-state index contributed by atoms with van der Waals surface area (Å²) in [6, 6.07) is 81.0. The van der Waals surface area contributed by atoms with Gasteiger partial charge < -0.3 is 9.13 Å². The van der Waals surface area contributed by atoms with Crippen LogP contribution in [-0.2, 0) is 25.7 Å². The largest absolute Gasteiger partial charge is 0.309 e. The average Bonchev–Trinajstić information content (AvgIpc) is 3.91. The summed E-state index contributed by atoms with van der Waals surface area (Å²) in [5, 5.41) is 5.35. The van der Waals surface area contributed by atoms with E-state index in [1.165, 1.54) is 133 Å². The van der Waals surface area contributed by atoms with Crippen molar-refractivity contribution in [2.24, 2.45) is 0 Å². The highest BCUT2D eigenvalue weighted by molar-refractivity contribution is 6.17. The number of fused-ring (bicyclic) bond motifs is 8. The van der Waals surface area contributed by atoms with Gasteiger partial charge in [0.05, 0.1) is 22.1 Å². The highest BCUT2D eigenvalue weighted by Gasteiger charge is 2.33. The first kappa shape index (κ1) is 37.2. The van der Waals surface area contributed by atoms with E-state index in [0.29, 0.717) is 0 Å². The molecule has 0 fully saturated rings. The predicted molar refractivity (Wildman–Crippen MR) is 277 cm³/mol. The molecule has 0 atom stereocenters. The van der Waals surface area contributed by atoms with Crippen molar-refractivity contribution in [3.05, 3.63) is 241 Å². The molecule has 14 rings (SSSR count). The molecule has 0 N–H and O–H groups in total. The fraction of sp³-hybridized carbons (Fsp3) is 0.0625. The first-order valence-corrected chi connectivity index (χ1v) is 23.4. The molecule has 0 radical (unpaired) electrons. The quantitative estimate of drug-likeness (QED) is 0.158. The van der Waals surface area contributed by atoms with Crippen LogP contribution in [0.3, 0.4) is 0 Å². The topological polar surface area (TPSA) is 9.86 Å². The zero-order valence-corrected chi connectivity index (χ0v) is 36.5. The third-order valence-corrected chi connectivity index (χ3v) is 14.6. The average molecular weight is 841 g/mol. The minimum absolute atomic E-state index is 0.980. The lowest BCUT2D eigenvalue weighted by atomic mass is 9.74. The fourth-order valence-corrected chi connectivity index (χ4v) is 11.7. The number of para-hydroxylation sites is 2. The van der Waals surface area contributed by atoms with Gasteiger partial charge in [0, 0.05) is 32.9 Å². The monoisotopic (exact) mass is 840 g/mol. The number of aromatic nitrogens is 2. The van der Waals surface area contributed by atoms with Crippen LogP contribution >= 0.6 is 0 Å². The van der Waals surface area contributed by atoms with Crippen LogP contribution in [0, 0.1) is 0 Å². The normalized spacial score (nSPS) is 12.9. The Bertz CT molecular complexity index is 3630. The number of benzene rings is 10. The molecule has 0 unspecified atom stereocenters. The highest BCUT2D eigenvalue weighted by Crippen LogP contribution is 2.52. The number of hydrogen-bond acceptors (Lipinski definition) is 0. The molecule has 0 bridgehead atoms. The Morgan fingerprint density at radius 2 is 0.606 bits per heavy atom. The van der Waals surface area contributed by atoms with Gasteiger partial charge in [0.2, 0.25) is 0 Å². The third kappa shape index (κ3) is 5.68. The van der Waals surface area contributed by atoms with Crippen LogP contribution in [0.25, 0.3) is 111 Å². The van der Waals surface area contributed by atoms with Gasteiger partial charge in [0.1, 0.15) is 0 Å². The smallest absolute Gasteiger partial charge is 0.0579 e. The van der Waals surface area contributed by atoms with Crippen LogP contribution in [0.5, 0.6) is 0 Å². The van der Waals surface area contributed by atoms with Crippen LogP contribution in [-0.4, -0.2) is 9.13 Å². The van der Waals surface area contributed by atoms with Crippen LogP contribution in [0.15, 0.2) is 218 Å². The molecule has 0 saturated heterocycles. The van der Waals surface area contributed by atoms with Gasteiger partial charge in [-0.05, 0) is 176 Å². The van der Waals surface area contributed by atoms with E-state index >= 15 is 0 Å². The SMILES string of the molecule is c1ccc(-c2cccc(-c3ccc4c(c3)c3cc5c6c(c3n4-c3ccccc3)CCc3c-6c(cc4c6cc(-c7cccc(-c8ccccc8)c7)ccc6n(-c6ccccc6)c34)CC5)c2)cc1.